The molecule has 1 aromatic carbocycles. The third-order valence-corrected chi connectivity index (χ3v) is 8.02. The molecule has 5 rings (SSSR count). The number of benzene rings is 1. The average Bonchev–Trinajstić information content (AvgIpc) is 3.61. The minimum Gasteiger partial charge on any atom is -0.367 e. The molecule has 2 aliphatic rings. The number of nitrogens with one attached hydrogen (secondary N) is 1. The Morgan fingerprint density at radius 3 is 2.48 bits per heavy atom. The molecule has 3 aromatic rings. The van der Waals surface area contributed by atoms with Gasteiger partial charge in [-0.15, -0.1) is 0 Å². The Bertz CT molecular complexity index is 1120. The van der Waals surface area contributed by atoms with Crippen LogP contribution in [0.5, 0.6) is 0 Å². The standard InChI is InChI=1S/C21H23N5O2S/c27-29(28,17-7-8-17)26-12-9-16(10-13-26)23-21-18-5-1-2-6-19(18)24-20(25-21)15-4-3-11-22-14-15/h1-6,11,14,16-17H,7-10,12-13H2,(H,23,24,25). The van der Waals surface area contributed by atoms with Crippen LogP contribution in [-0.4, -0.2) is 52.1 Å². The van der Waals surface area contributed by atoms with Crippen molar-refractivity contribution in [2.75, 3.05) is 18.4 Å². The fraction of sp³-hybridized carbons (Fsp3) is 0.381. The zero-order valence-electron chi connectivity index (χ0n) is 16.0. The number of para-hydroxylation sites is 1. The highest BCUT2D eigenvalue weighted by atomic mass is 32.2. The number of hydrogen-bond donors (Lipinski definition) is 1. The largest absolute Gasteiger partial charge is 0.367 e. The molecule has 1 saturated heterocycles. The molecule has 1 aliphatic carbocycles. The Morgan fingerprint density at radius 2 is 1.76 bits per heavy atom. The van der Waals surface area contributed by atoms with E-state index in [0.29, 0.717) is 18.9 Å². The van der Waals surface area contributed by atoms with Gasteiger partial charge in [0.05, 0.1) is 10.8 Å². The van der Waals surface area contributed by atoms with Gasteiger partial charge in [0, 0.05) is 42.5 Å². The molecule has 0 unspecified atom stereocenters. The minimum absolute atomic E-state index is 0.139. The summed E-state index contributed by atoms with van der Waals surface area (Å²) in [5.41, 5.74) is 1.74. The first-order valence-electron chi connectivity index (χ1n) is 10.0. The van der Waals surface area contributed by atoms with E-state index < -0.39 is 10.0 Å². The molecule has 0 atom stereocenters. The third-order valence-electron chi connectivity index (χ3n) is 5.62. The van der Waals surface area contributed by atoms with Crippen molar-refractivity contribution in [1.82, 2.24) is 19.3 Å². The van der Waals surface area contributed by atoms with Gasteiger partial charge in [-0.1, -0.05) is 12.1 Å². The first kappa shape index (κ1) is 18.4. The van der Waals surface area contributed by atoms with Gasteiger partial charge in [-0.3, -0.25) is 4.98 Å². The number of sulfonamides is 1. The summed E-state index contributed by atoms with van der Waals surface area (Å²) >= 11 is 0. The van der Waals surface area contributed by atoms with Gasteiger partial charge < -0.3 is 5.32 Å². The summed E-state index contributed by atoms with van der Waals surface area (Å²) < 4.78 is 26.6. The van der Waals surface area contributed by atoms with Gasteiger partial charge >= 0.3 is 0 Å². The molecule has 1 aliphatic heterocycles. The average molecular weight is 410 g/mol. The molecular weight excluding hydrogens is 386 g/mol. The van der Waals surface area contributed by atoms with E-state index in [4.69, 9.17) is 9.97 Å². The maximum Gasteiger partial charge on any atom is 0.216 e. The van der Waals surface area contributed by atoms with Gasteiger partial charge in [0.15, 0.2) is 5.82 Å². The van der Waals surface area contributed by atoms with Crippen molar-refractivity contribution in [3.63, 3.8) is 0 Å². The van der Waals surface area contributed by atoms with E-state index in [2.05, 4.69) is 10.3 Å². The summed E-state index contributed by atoms with van der Waals surface area (Å²) in [5, 5.41) is 4.38. The number of pyridine rings is 1. The number of fused-ring (bicyclic) bond motifs is 1. The lowest BCUT2D eigenvalue weighted by Gasteiger charge is -2.32. The quantitative estimate of drug-likeness (QED) is 0.697. The van der Waals surface area contributed by atoms with Crippen LogP contribution in [0.15, 0.2) is 48.8 Å². The van der Waals surface area contributed by atoms with Crippen LogP contribution in [-0.2, 0) is 10.0 Å². The van der Waals surface area contributed by atoms with E-state index in [-0.39, 0.29) is 11.3 Å². The number of anilines is 1. The van der Waals surface area contributed by atoms with Gasteiger partial charge in [0.2, 0.25) is 10.0 Å². The number of piperidine rings is 1. The van der Waals surface area contributed by atoms with Crippen LogP contribution < -0.4 is 5.32 Å². The highest BCUT2D eigenvalue weighted by Crippen LogP contribution is 2.33. The molecule has 3 heterocycles. The summed E-state index contributed by atoms with van der Waals surface area (Å²) in [6, 6.07) is 11.9. The Hall–Kier alpha value is -2.58. The first-order valence-corrected chi connectivity index (χ1v) is 11.5. The number of nitrogens with zero attached hydrogens (tertiary/aromatic N) is 4. The second kappa shape index (κ2) is 7.35. The van der Waals surface area contributed by atoms with E-state index in [1.54, 1.807) is 16.7 Å². The minimum atomic E-state index is -3.09. The van der Waals surface area contributed by atoms with Gasteiger partial charge in [-0.25, -0.2) is 22.7 Å². The number of hydrogen-bond acceptors (Lipinski definition) is 6. The predicted molar refractivity (Wildman–Crippen MR) is 113 cm³/mol. The van der Waals surface area contributed by atoms with Crippen molar-refractivity contribution < 1.29 is 8.42 Å². The number of rotatable bonds is 5. The van der Waals surface area contributed by atoms with Crippen molar-refractivity contribution >= 4 is 26.7 Å². The Balaban J connectivity index is 1.39. The predicted octanol–water partition coefficient (Wildman–Crippen LogP) is 3.06. The molecule has 150 valence electrons. The zero-order chi connectivity index (χ0) is 19.8. The fourth-order valence-corrected chi connectivity index (χ4v) is 5.71. The lowest BCUT2D eigenvalue weighted by atomic mass is 10.1. The molecule has 0 amide bonds. The third kappa shape index (κ3) is 3.70. The van der Waals surface area contributed by atoms with E-state index in [0.717, 1.165) is 48.0 Å². The lowest BCUT2D eigenvalue weighted by Crippen LogP contribution is -2.43. The maximum absolute atomic E-state index is 12.5. The second-order valence-corrected chi connectivity index (χ2v) is 9.93. The van der Waals surface area contributed by atoms with Gasteiger partial charge in [0.25, 0.3) is 0 Å². The van der Waals surface area contributed by atoms with Crippen molar-refractivity contribution in [2.24, 2.45) is 0 Å². The van der Waals surface area contributed by atoms with E-state index in [9.17, 15) is 8.42 Å². The fourth-order valence-electron chi connectivity index (χ4n) is 3.84. The normalized spacial score (nSPS) is 18.8. The van der Waals surface area contributed by atoms with Crippen LogP contribution in [0.3, 0.4) is 0 Å². The van der Waals surface area contributed by atoms with Crippen LogP contribution in [0.1, 0.15) is 25.7 Å². The Labute approximate surface area is 170 Å². The molecule has 7 nitrogen and oxygen atoms in total. The maximum atomic E-state index is 12.5. The van der Waals surface area contributed by atoms with Gasteiger partial charge in [-0.2, -0.15) is 0 Å². The first-order chi connectivity index (χ1) is 14.1. The number of aromatic nitrogens is 3. The van der Waals surface area contributed by atoms with E-state index in [1.807, 2.05) is 36.4 Å². The van der Waals surface area contributed by atoms with Gasteiger partial charge in [0.1, 0.15) is 5.82 Å². The van der Waals surface area contributed by atoms with Crippen molar-refractivity contribution in [3.05, 3.63) is 48.8 Å². The van der Waals surface area contributed by atoms with E-state index >= 15 is 0 Å². The van der Waals surface area contributed by atoms with Crippen molar-refractivity contribution in [3.8, 4) is 11.4 Å². The van der Waals surface area contributed by atoms with Gasteiger partial charge in [-0.05, 0) is 49.9 Å². The summed E-state index contributed by atoms with van der Waals surface area (Å²) in [5.74, 6) is 1.42. The monoisotopic (exact) mass is 409 g/mol. The molecule has 2 aromatic heterocycles. The Morgan fingerprint density at radius 1 is 0.966 bits per heavy atom. The SMILES string of the molecule is O=S(=O)(C1CC1)N1CCC(Nc2nc(-c3cccnc3)nc3ccccc23)CC1. The van der Waals surface area contributed by atoms with Crippen LogP contribution in [0.4, 0.5) is 5.82 Å². The molecule has 0 spiro atoms. The van der Waals surface area contributed by atoms with Crippen LogP contribution >= 0.6 is 0 Å². The lowest BCUT2D eigenvalue weighted by molar-refractivity contribution is 0.329. The highest BCUT2D eigenvalue weighted by molar-refractivity contribution is 7.90. The highest BCUT2D eigenvalue weighted by Gasteiger charge is 2.41. The second-order valence-electron chi connectivity index (χ2n) is 7.72. The zero-order valence-corrected chi connectivity index (χ0v) is 16.8. The van der Waals surface area contributed by atoms with Crippen molar-refractivity contribution in [1.29, 1.82) is 0 Å². The molecule has 1 saturated carbocycles. The molecule has 29 heavy (non-hydrogen) atoms. The topological polar surface area (TPSA) is 88.1 Å². The molecule has 1 N–H and O–H groups in total. The van der Waals surface area contributed by atoms with Crippen LogP contribution in [0.2, 0.25) is 0 Å². The molecular formula is C21H23N5O2S. The van der Waals surface area contributed by atoms with Crippen molar-refractivity contribution in [2.45, 2.75) is 37.0 Å². The van der Waals surface area contributed by atoms with E-state index in [1.165, 1.54) is 0 Å². The summed E-state index contributed by atoms with van der Waals surface area (Å²) in [7, 11) is -3.09. The summed E-state index contributed by atoms with van der Waals surface area (Å²) in [6.45, 7) is 1.13. The molecule has 0 radical (unpaired) electrons. The molecule has 0 bridgehead atoms. The Kier molecular flexibility index (Phi) is 4.67. The molecule has 8 heteroatoms. The summed E-state index contributed by atoms with van der Waals surface area (Å²) in [6.07, 6.45) is 6.65. The molecule has 2 fully saturated rings. The van der Waals surface area contributed by atoms with Crippen LogP contribution in [0.25, 0.3) is 22.3 Å². The van der Waals surface area contributed by atoms with Crippen LogP contribution in [0, 0.1) is 0 Å². The smallest absolute Gasteiger partial charge is 0.216 e. The summed E-state index contributed by atoms with van der Waals surface area (Å²) in [4.78, 5) is 13.6.